The van der Waals surface area contributed by atoms with Gasteiger partial charge in [-0.1, -0.05) is 20.3 Å². The summed E-state index contributed by atoms with van der Waals surface area (Å²) in [6, 6.07) is 0. The van der Waals surface area contributed by atoms with Crippen LogP contribution in [0.1, 0.15) is 52.4 Å². The largest absolute Gasteiger partial charge is 0.302 e. The summed E-state index contributed by atoms with van der Waals surface area (Å²) < 4.78 is 0. The molecule has 2 nitrogen and oxygen atoms in total. The quantitative estimate of drug-likeness (QED) is 0.741. The zero-order chi connectivity index (χ0) is 12.8. The molecular weight excluding hydrogens is 220 g/mol. The van der Waals surface area contributed by atoms with Gasteiger partial charge in [0.2, 0.25) is 0 Å². The molecule has 0 atom stereocenters. The third-order valence-electron chi connectivity index (χ3n) is 4.69. The Labute approximate surface area is 114 Å². The average molecular weight is 252 g/mol. The second-order valence-electron chi connectivity index (χ2n) is 6.82. The van der Waals surface area contributed by atoms with Crippen molar-refractivity contribution in [2.75, 3.05) is 39.3 Å². The van der Waals surface area contributed by atoms with Gasteiger partial charge in [-0.2, -0.15) is 0 Å². The minimum atomic E-state index is 0.884. The van der Waals surface area contributed by atoms with E-state index < -0.39 is 0 Å². The van der Waals surface area contributed by atoms with Crippen LogP contribution >= 0.6 is 0 Å². The molecule has 106 valence electrons. The summed E-state index contributed by atoms with van der Waals surface area (Å²) in [7, 11) is 0. The van der Waals surface area contributed by atoms with Gasteiger partial charge in [-0.15, -0.1) is 0 Å². The third-order valence-corrected chi connectivity index (χ3v) is 4.69. The monoisotopic (exact) mass is 252 g/mol. The summed E-state index contributed by atoms with van der Waals surface area (Å²) in [5.41, 5.74) is 0. The van der Waals surface area contributed by atoms with Crippen LogP contribution in [0.3, 0.4) is 0 Å². The Hall–Kier alpha value is -0.0800. The Balaban J connectivity index is 1.58. The van der Waals surface area contributed by atoms with Crippen molar-refractivity contribution in [3.05, 3.63) is 0 Å². The van der Waals surface area contributed by atoms with Crippen molar-refractivity contribution in [1.82, 2.24) is 9.80 Å². The van der Waals surface area contributed by atoms with E-state index in [1.165, 1.54) is 77.8 Å². The molecule has 0 amide bonds. The standard InChI is InChI=1S/C16H32N2/c1-15(2)14-16-6-10-18(11-7-16)13-12-17-8-4-3-5-9-17/h15-16H,3-14H2,1-2H3. The summed E-state index contributed by atoms with van der Waals surface area (Å²) in [4.78, 5) is 5.37. The molecule has 0 aromatic heterocycles. The maximum absolute atomic E-state index is 2.70. The zero-order valence-corrected chi connectivity index (χ0v) is 12.5. The van der Waals surface area contributed by atoms with Gasteiger partial charge in [0, 0.05) is 13.1 Å². The first-order chi connectivity index (χ1) is 8.74. The normalized spacial score (nSPS) is 24.8. The molecule has 2 fully saturated rings. The Morgan fingerprint density at radius 3 is 1.94 bits per heavy atom. The van der Waals surface area contributed by atoms with Gasteiger partial charge < -0.3 is 9.80 Å². The third kappa shape index (κ3) is 4.89. The Morgan fingerprint density at radius 1 is 0.833 bits per heavy atom. The summed E-state index contributed by atoms with van der Waals surface area (Å²) in [6.07, 6.45) is 8.64. The van der Waals surface area contributed by atoms with E-state index in [4.69, 9.17) is 0 Å². The fraction of sp³-hybridized carbons (Fsp3) is 1.00. The predicted octanol–water partition coefficient (Wildman–Crippen LogP) is 3.23. The van der Waals surface area contributed by atoms with Gasteiger partial charge in [0.15, 0.2) is 0 Å². The summed E-state index contributed by atoms with van der Waals surface area (Å²) >= 11 is 0. The first-order valence-electron chi connectivity index (χ1n) is 8.19. The van der Waals surface area contributed by atoms with E-state index >= 15 is 0 Å². The van der Waals surface area contributed by atoms with Crippen molar-refractivity contribution in [3.63, 3.8) is 0 Å². The fourth-order valence-corrected chi connectivity index (χ4v) is 3.58. The smallest absolute Gasteiger partial charge is 0.0109 e. The Morgan fingerprint density at radius 2 is 1.39 bits per heavy atom. The van der Waals surface area contributed by atoms with Crippen molar-refractivity contribution in [2.45, 2.75) is 52.4 Å². The minimum Gasteiger partial charge on any atom is -0.302 e. The van der Waals surface area contributed by atoms with E-state index in [9.17, 15) is 0 Å². The molecule has 18 heavy (non-hydrogen) atoms. The van der Waals surface area contributed by atoms with E-state index in [0.29, 0.717) is 0 Å². The highest BCUT2D eigenvalue weighted by molar-refractivity contribution is 4.75. The number of likely N-dealkylation sites (tertiary alicyclic amines) is 2. The molecule has 0 aromatic rings. The molecule has 0 spiro atoms. The zero-order valence-electron chi connectivity index (χ0n) is 12.5. The van der Waals surface area contributed by atoms with Crippen molar-refractivity contribution in [3.8, 4) is 0 Å². The van der Waals surface area contributed by atoms with Gasteiger partial charge in [-0.3, -0.25) is 0 Å². The maximum Gasteiger partial charge on any atom is 0.0109 e. The van der Waals surface area contributed by atoms with Crippen molar-refractivity contribution in [2.24, 2.45) is 11.8 Å². The lowest BCUT2D eigenvalue weighted by atomic mass is 9.89. The SMILES string of the molecule is CC(C)CC1CCN(CCN2CCCCC2)CC1. The molecule has 0 aromatic carbocycles. The second-order valence-corrected chi connectivity index (χ2v) is 6.82. The van der Waals surface area contributed by atoms with Gasteiger partial charge in [0.1, 0.15) is 0 Å². The average Bonchev–Trinajstić information content (AvgIpc) is 2.38. The highest BCUT2D eigenvalue weighted by atomic mass is 15.2. The molecule has 0 radical (unpaired) electrons. The first kappa shape index (κ1) is 14.3. The van der Waals surface area contributed by atoms with Crippen molar-refractivity contribution < 1.29 is 0 Å². The van der Waals surface area contributed by atoms with Crippen LogP contribution in [0.15, 0.2) is 0 Å². The van der Waals surface area contributed by atoms with Crippen LogP contribution in [0.4, 0.5) is 0 Å². The Kier molecular flexibility index (Phi) is 5.97. The molecule has 2 rings (SSSR count). The van der Waals surface area contributed by atoms with Crippen LogP contribution in [0.5, 0.6) is 0 Å². The predicted molar refractivity (Wildman–Crippen MR) is 78.9 cm³/mol. The van der Waals surface area contributed by atoms with Gasteiger partial charge in [0.25, 0.3) is 0 Å². The fourth-order valence-electron chi connectivity index (χ4n) is 3.58. The van der Waals surface area contributed by atoms with Gasteiger partial charge >= 0.3 is 0 Å². The van der Waals surface area contributed by atoms with Crippen molar-refractivity contribution in [1.29, 1.82) is 0 Å². The van der Waals surface area contributed by atoms with Crippen LogP contribution in [-0.2, 0) is 0 Å². The highest BCUT2D eigenvalue weighted by Crippen LogP contribution is 2.23. The molecule has 0 aliphatic carbocycles. The van der Waals surface area contributed by atoms with E-state index in [2.05, 4.69) is 23.6 Å². The molecule has 2 aliphatic heterocycles. The van der Waals surface area contributed by atoms with Crippen LogP contribution < -0.4 is 0 Å². The minimum absolute atomic E-state index is 0.884. The Bertz CT molecular complexity index is 213. The molecule has 2 heteroatoms. The highest BCUT2D eigenvalue weighted by Gasteiger charge is 2.20. The number of nitrogens with zero attached hydrogens (tertiary/aromatic N) is 2. The molecular formula is C16H32N2. The number of hydrogen-bond acceptors (Lipinski definition) is 2. The van der Waals surface area contributed by atoms with Gasteiger partial charge in [-0.25, -0.2) is 0 Å². The topological polar surface area (TPSA) is 6.48 Å². The maximum atomic E-state index is 2.70. The second kappa shape index (κ2) is 7.49. The molecule has 2 heterocycles. The van der Waals surface area contributed by atoms with Crippen LogP contribution in [0, 0.1) is 11.8 Å². The molecule has 0 N–H and O–H groups in total. The number of hydrogen-bond donors (Lipinski definition) is 0. The van der Waals surface area contributed by atoms with Crippen LogP contribution in [-0.4, -0.2) is 49.1 Å². The van der Waals surface area contributed by atoms with Crippen LogP contribution in [0.2, 0.25) is 0 Å². The number of rotatable bonds is 5. The lowest BCUT2D eigenvalue weighted by molar-refractivity contribution is 0.139. The van der Waals surface area contributed by atoms with Gasteiger partial charge in [-0.05, 0) is 70.1 Å². The molecule has 2 saturated heterocycles. The molecule has 0 unspecified atom stereocenters. The molecule has 0 bridgehead atoms. The van der Waals surface area contributed by atoms with Gasteiger partial charge in [0.05, 0.1) is 0 Å². The summed E-state index contributed by atoms with van der Waals surface area (Å²) in [6.45, 7) is 12.8. The first-order valence-corrected chi connectivity index (χ1v) is 8.19. The van der Waals surface area contributed by atoms with Crippen molar-refractivity contribution >= 4 is 0 Å². The summed E-state index contributed by atoms with van der Waals surface area (Å²) in [5, 5.41) is 0. The molecule has 2 aliphatic rings. The van der Waals surface area contributed by atoms with E-state index in [1.807, 2.05) is 0 Å². The summed E-state index contributed by atoms with van der Waals surface area (Å²) in [5.74, 6) is 1.89. The van der Waals surface area contributed by atoms with E-state index in [-0.39, 0.29) is 0 Å². The molecule has 0 saturated carbocycles. The lowest BCUT2D eigenvalue weighted by Gasteiger charge is -2.35. The van der Waals surface area contributed by atoms with E-state index in [0.717, 1.165) is 11.8 Å². The lowest BCUT2D eigenvalue weighted by Crippen LogP contribution is -2.41. The van der Waals surface area contributed by atoms with Crippen LogP contribution in [0.25, 0.3) is 0 Å². The van der Waals surface area contributed by atoms with E-state index in [1.54, 1.807) is 0 Å². The number of piperidine rings is 2.